The number of hydrogen-bond acceptors (Lipinski definition) is 8. The van der Waals surface area contributed by atoms with Crippen LogP contribution in [0.1, 0.15) is 150 Å². The standard InChI is InChI=1S/C33H50N2O6S2.C21H18N2O2S/c1-9-11-13-15-17-40-29-19-25(7)31(21-27(29)23(3)4)42(36,37)33(35-34)43(38,39)32-22-28(24(5)6)30(20-26(32)8)41-18-16-14-12-10-2;1-16-12-14-19(15-13-16)26(24,25)21(23-22)20(17-8-4-2-5-9-17)18-10-6-3-7-11-18/h19-24H,9-18H2,1-8H3;2-15,20H,1H3. The Bertz CT molecular complexity index is 2800. The van der Waals surface area contributed by atoms with Gasteiger partial charge in [0.05, 0.1) is 27.9 Å². The first-order valence-electron chi connectivity index (χ1n) is 23.7. The van der Waals surface area contributed by atoms with Crippen LogP contribution >= 0.6 is 0 Å². The summed E-state index contributed by atoms with van der Waals surface area (Å²) in [6.45, 7) is 17.9. The Balaban J connectivity index is 0.000000337. The van der Waals surface area contributed by atoms with E-state index in [9.17, 15) is 36.3 Å². The Hall–Kier alpha value is -5.69. The quantitative estimate of drug-likeness (QED) is 0.0241. The molecule has 0 saturated carbocycles. The maximum Gasteiger partial charge on any atom is 0.504 e. The highest BCUT2D eigenvalue weighted by molar-refractivity contribution is 8.31. The van der Waals surface area contributed by atoms with Gasteiger partial charge in [0.15, 0.2) is 0 Å². The lowest BCUT2D eigenvalue weighted by atomic mass is 9.92. The normalized spacial score (nSPS) is 11.7. The van der Waals surface area contributed by atoms with Gasteiger partial charge in [-0.05, 0) is 115 Å². The van der Waals surface area contributed by atoms with Gasteiger partial charge >= 0.3 is 9.42 Å². The molecule has 5 aromatic rings. The number of hydrogen-bond donors (Lipinski definition) is 0. The van der Waals surface area contributed by atoms with Gasteiger partial charge in [0, 0.05) is 0 Å². The van der Waals surface area contributed by atoms with Crippen LogP contribution in [-0.4, -0.2) is 57.5 Å². The molecule has 0 amide bonds. The predicted octanol–water partition coefficient (Wildman–Crippen LogP) is 12.5. The Kier molecular flexibility index (Phi) is 20.9. The first-order valence-corrected chi connectivity index (χ1v) is 28.1. The molecule has 0 aliphatic carbocycles. The van der Waals surface area contributed by atoms with Crippen molar-refractivity contribution in [3.8, 4) is 11.5 Å². The van der Waals surface area contributed by atoms with Crippen molar-refractivity contribution in [3.63, 3.8) is 0 Å². The van der Waals surface area contributed by atoms with Crippen molar-refractivity contribution >= 4 is 38.9 Å². The highest BCUT2D eigenvalue weighted by Gasteiger charge is 2.46. The first kappa shape index (κ1) is 55.9. The minimum Gasteiger partial charge on any atom is -0.493 e. The van der Waals surface area contributed by atoms with E-state index < -0.39 is 39.8 Å². The van der Waals surface area contributed by atoms with Gasteiger partial charge in [0.2, 0.25) is 0 Å². The average Bonchev–Trinajstić information content (AvgIpc) is 3.31. The summed E-state index contributed by atoms with van der Waals surface area (Å²) in [4.78, 5) is 5.77. The molecule has 0 spiro atoms. The molecule has 0 atom stereocenters. The van der Waals surface area contributed by atoms with Crippen LogP contribution in [-0.2, 0) is 29.5 Å². The van der Waals surface area contributed by atoms with E-state index in [4.69, 9.17) is 9.47 Å². The van der Waals surface area contributed by atoms with Crippen LogP contribution in [0.3, 0.4) is 0 Å². The van der Waals surface area contributed by atoms with E-state index in [0.717, 1.165) is 68.1 Å². The smallest absolute Gasteiger partial charge is 0.493 e. The van der Waals surface area contributed by atoms with Crippen molar-refractivity contribution in [2.24, 2.45) is 0 Å². The molecule has 5 aromatic carbocycles. The molecule has 0 bridgehead atoms. The topological polar surface area (TPSA) is 194 Å². The zero-order valence-corrected chi connectivity index (χ0v) is 43.9. The Morgan fingerprint density at radius 3 is 1.28 bits per heavy atom. The largest absolute Gasteiger partial charge is 0.504 e. The number of sulfone groups is 3. The van der Waals surface area contributed by atoms with Crippen molar-refractivity contribution in [1.29, 1.82) is 0 Å². The molecule has 0 aliphatic heterocycles. The van der Waals surface area contributed by atoms with Gasteiger partial charge in [0.25, 0.3) is 29.5 Å². The van der Waals surface area contributed by atoms with Crippen LogP contribution in [0.5, 0.6) is 11.5 Å². The van der Waals surface area contributed by atoms with Crippen molar-refractivity contribution in [3.05, 3.63) is 159 Å². The summed E-state index contributed by atoms with van der Waals surface area (Å²) in [5.74, 6) is 0.231. The molecule has 370 valence electrons. The molecule has 0 N–H and O–H groups in total. The minimum atomic E-state index is -4.75. The van der Waals surface area contributed by atoms with E-state index in [1.54, 1.807) is 38.1 Å². The van der Waals surface area contributed by atoms with E-state index in [0.29, 0.717) is 47.0 Å². The minimum absolute atomic E-state index is 0.100. The maximum atomic E-state index is 13.9. The molecular formula is C54H68N4O8S3. The van der Waals surface area contributed by atoms with Crippen LogP contribution in [0.4, 0.5) is 0 Å². The summed E-state index contributed by atoms with van der Waals surface area (Å²) in [5, 5.41) is -0.293. The number of benzene rings is 5. The SMILES string of the molecule is CCCCCCOc1cc(C)c(S(=O)(=O)C(=[N+]=[N-])S(=O)(=O)c2cc(C(C)C)c(OCCCCCC)cc2C)cc1C(C)C.Cc1ccc(S(=O)(=O)C(=[N+]=[N-])C(c2ccccc2)c2ccccc2)cc1. The first-order chi connectivity index (χ1) is 32.8. The van der Waals surface area contributed by atoms with E-state index in [-0.39, 0.29) is 31.6 Å². The van der Waals surface area contributed by atoms with E-state index >= 15 is 0 Å². The second-order valence-corrected chi connectivity index (χ2v) is 23.6. The van der Waals surface area contributed by atoms with Gasteiger partial charge in [-0.25, -0.2) is 25.3 Å². The summed E-state index contributed by atoms with van der Waals surface area (Å²) in [5.41, 5.74) is 23.9. The van der Waals surface area contributed by atoms with Gasteiger partial charge in [-0.2, -0.15) is 4.79 Å². The third-order valence-corrected chi connectivity index (χ3v) is 17.9. The lowest BCUT2D eigenvalue weighted by Gasteiger charge is -2.18. The Labute approximate surface area is 411 Å². The van der Waals surface area contributed by atoms with E-state index in [1.807, 2.05) is 95.3 Å². The Morgan fingerprint density at radius 1 is 0.522 bits per heavy atom. The summed E-state index contributed by atoms with van der Waals surface area (Å²) in [6, 6.07) is 31.0. The maximum absolute atomic E-state index is 13.9. The van der Waals surface area contributed by atoms with Crippen LogP contribution in [0.15, 0.2) is 124 Å². The van der Waals surface area contributed by atoms with Gasteiger partial charge < -0.3 is 20.5 Å². The lowest BCUT2D eigenvalue weighted by molar-refractivity contribution is -0.00397. The zero-order valence-electron chi connectivity index (χ0n) is 41.5. The van der Waals surface area contributed by atoms with Gasteiger partial charge in [0.1, 0.15) is 17.4 Å². The summed E-state index contributed by atoms with van der Waals surface area (Å²) in [7, 11) is -13.5. The monoisotopic (exact) mass is 996 g/mol. The molecule has 0 unspecified atom stereocenters. The molecule has 0 heterocycles. The molecule has 0 fully saturated rings. The molecule has 5 rings (SSSR count). The van der Waals surface area contributed by atoms with Crippen LogP contribution < -0.4 is 9.47 Å². The second-order valence-electron chi connectivity index (χ2n) is 17.8. The van der Waals surface area contributed by atoms with Crippen molar-refractivity contribution in [2.45, 2.75) is 146 Å². The molecule has 15 heteroatoms. The van der Waals surface area contributed by atoms with E-state index in [2.05, 4.69) is 23.4 Å². The number of rotatable bonds is 20. The number of nitrogens with zero attached hydrogens (tertiary/aromatic N) is 4. The van der Waals surface area contributed by atoms with Crippen molar-refractivity contribution < 1.29 is 44.3 Å². The molecule has 69 heavy (non-hydrogen) atoms. The number of ether oxygens (including phenoxy) is 2. The van der Waals surface area contributed by atoms with Crippen molar-refractivity contribution in [2.75, 3.05) is 13.2 Å². The highest BCUT2D eigenvalue weighted by Crippen LogP contribution is 2.37. The van der Waals surface area contributed by atoms with Gasteiger partial charge in [-0.15, -0.1) is 4.79 Å². The fourth-order valence-corrected chi connectivity index (χ4v) is 13.1. The fourth-order valence-electron chi connectivity index (χ4n) is 7.82. The highest BCUT2D eigenvalue weighted by atomic mass is 32.3. The summed E-state index contributed by atoms with van der Waals surface area (Å²) < 4.78 is 92.7. The number of unbranched alkanes of at least 4 members (excludes halogenated alkanes) is 6. The predicted molar refractivity (Wildman–Crippen MR) is 275 cm³/mol. The molecule has 0 radical (unpaired) electrons. The molecular weight excluding hydrogens is 929 g/mol. The fraction of sp³-hybridized carbons (Fsp3) is 0.407. The van der Waals surface area contributed by atoms with Crippen LogP contribution in [0, 0.1) is 20.8 Å². The van der Waals surface area contributed by atoms with E-state index in [1.165, 1.54) is 24.3 Å². The van der Waals surface area contributed by atoms with Gasteiger partial charge in [-0.1, -0.05) is 158 Å². The number of aryl methyl sites for hydroxylation is 3. The molecule has 0 aliphatic rings. The Morgan fingerprint density at radius 2 is 0.928 bits per heavy atom. The third-order valence-electron chi connectivity index (χ3n) is 11.7. The third kappa shape index (κ3) is 14.2. The molecule has 0 saturated heterocycles. The summed E-state index contributed by atoms with van der Waals surface area (Å²) in [6.07, 6.45) is 8.28. The summed E-state index contributed by atoms with van der Waals surface area (Å²) >= 11 is 0. The van der Waals surface area contributed by atoms with Crippen molar-refractivity contribution in [1.82, 2.24) is 0 Å². The second kappa shape index (κ2) is 25.8. The lowest BCUT2D eigenvalue weighted by Crippen LogP contribution is -2.28. The average molecular weight is 997 g/mol. The van der Waals surface area contributed by atoms with Gasteiger partial charge in [-0.3, -0.25) is 0 Å². The van der Waals surface area contributed by atoms with Crippen LogP contribution in [0.2, 0.25) is 0 Å². The molecule has 12 nitrogen and oxygen atoms in total. The zero-order chi connectivity index (χ0) is 50.9. The van der Waals surface area contributed by atoms with Crippen LogP contribution in [0.25, 0.3) is 11.1 Å². The molecule has 0 aromatic heterocycles.